The first-order chi connectivity index (χ1) is 12.6. The van der Waals surface area contributed by atoms with E-state index in [0.717, 1.165) is 18.7 Å². The number of hydrogen-bond acceptors (Lipinski definition) is 3. The Morgan fingerprint density at radius 1 is 1.00 bits per heavy atom. The number of carbonyl (C=O) groups is 1. The van der Waals surface area contributed by atoms with Gasteiger partial charge in [-0.3, -0.25) is 9.78 Å². The van der Waals surface area contributed by atoms with Crippen LogP contribution in [-0.4, -0.2) is 24.5 Å². The summed E-state index contributed by atoms with van der Waals surface area (Å²) in [4.78, 5) is 18.3. The van der Waals surface area contributed by atoms with Crippen molar-refractivity contribution in [3.8, 4) is 0 Å². The van der Waals surface area contributed by atoms with Crippen molar-refractivity contribution in [2.75, 3.05) is 23.8 Å². The monoisotopic (exact) mass is 349 g/mol. The fourth-order valence-corrected chi connectivity index (χ4v) is 2.58. The Morgan fingerprint density at radius 3 is 2.31 bits per heavy atom. The highest BCUT2D eigenvalue weighted by atomic mass is 19.1. The molecule has 0 spiro atoms. The largest absolute Gasteiger partial charge is 0.374 e. The molecule has 0 aliphatic heterocycles. The number of aromatic nitrogens is 1. The molecule has 4 nitrogen and oxygen atoms in total. The Labute approximate surface area is 152 Å². The molecule has 0 unspecified atom stereocenters. The van der Waals surface area contributed by atoms with E-state index >= 15 is 0 Å². The van der Waals surface area contributed by atoms with Crippen LogP contribution in [0.15, 0.2) is 73.1 Å². The molecule has 0 bridgehead atoms. The molecule has 2 aromatic carbocycles. The van der Waals surface area contributed by atoms with Crippen LogP contribution < -0.4 is 10.2 Å². The number of anilines is 2. The maximum absolute atomic E-state index is 12.9. The summed E-state index contributed by atoms with van der Waals surface area (Å²) in [5.41, 5.74) is 3.43. The fraction of sp³-hybridized carbons (Fsp3) is 0.143. The SMILES string of the molecule is CN(CCc1ccncc1)c1ccc(NC(=O)c2ccc(F)cc2)cc1. The number of amides is 1. The van der Waals surface area contributed by atoms with Gasteiger partial charge >= 0.3 is 0 Å². The molecular weight excluding hydrogens is 329 g/mol. The number of benzene rings is 2. The van der Waals surface area contributed by atoms with Crippen LogP contribution in [0, 0.1) is 5.82 Å². The molecule has 3 rings (SSSR count). The first-order valence-corrected chi connectivity index (χ1v) is 8.39. The number of nitrogens with zero attached hydrogens (tertiary/aromatic N) is 2. The molecule has 0 saturated carbocycles. The minimum atomic E-state index is -0.360. The van der Waals surface area contributed by atoms with Gasteiger partial charge in [0.25, 0.3) is 5.91 Å². The first-order valence-electron chi connectivity index (χ1n) is 8.39. The second kappa shape index (κ2) is 8.25. The minimum absolute atomic E-state index is 0.260. The third-order valence-electron chi connectivity index (χ3n) is 4.16. The van der Waals surface area contributed by atoms with E-state index in [1.165, 1.54) is 29.8 Å². The second-order valence-corrected chi connectivity index (χ2v) is 6.03. The Bertz CT molecular complexity index is 849. The van der Waals surface area contributed by atoms with E-state index in [0.29, 0.717) is 11.3 Å². The summed E-state index contributed by atoms with van der Waals surface area (Å²) in [5, 5.41) is 2.81. The first kappa shape index (κ1) is 17.6. The van der Waals surface area contributed by atoms with Crippen LogP contribution >= 0.6 is 0 Å². The van der Waals surface area contributed by atoms with Gasteiger partial charge in [-0.1, -0.05) is 0 Å². The van der Waals surface area contributed by atoms with Crippen LogP contribution in [0.4, 0.5) is 15.8 Å². The molecule has 0 atom stereocenters. The van der Waals surface area contributed by atoms with Crippen LogP contribution in [0.5, 0.6) is 0 Å². The van der Waals surface area contributed by atoms with E-state index in [2.05, 4.69) is 15.2 Å². The van der Waals surface area contributed by atoms with Crippen molar-refractivity contribution >= 4 is 17.3 Å². The van der Waals surface area contributed by atoms with Gasteiger partial charge in [0.15, 0.2) is 0 Å². The van der Waals surface area contributed by atoms with E-state index in [-0.39, 0.29) is 11.7 Å². The maximum atomic E-state index is 12.9. The van der Waals surface area contributed by atoms with E-state index in [4.69, 9.17) is 0 Å². The van der Waals surface area contributed by atoms with Gasteiger partial charge in [-0.2, -0.15) is 0 Å². The average Bonchev–Trinajstić information content (AvgIpc) is 2.68. The van der Waals surface area contributed by atoms with Crippen LogP contribution in [0.1, 0.15) is 15.9 Å². The lowest BCUT2D eigenvalue weighted by molar-refractivity contribution is 0.102. The molecular formula is C21H20FN3O. The number of rotatable bonds is 6. The third kappa shape index (κ3) is 4.66. The van der Waals surface area contributed by atoms with Gasteiger partial charge in [0.1, 0.15) is 5.82 Å². The summed E-state index contributed by atoms with van der Waals surface area (Å²) in [6.07, 6.45) is 4.53. The number of hydrogen-bond donors (Lipinski definition) is 1. The second-order valence-electron chi connectivity index (χ2n) is 6.03. The summed E-state index contributed by atoms with van der Waals surface area (Å²) < 4.78 is 12.9. The Morgan fingerprint density at radius 2 is 1.65 bits per heavy atom. The average molecular weight is 349 g/mol. The quantitative estimate of drug-likeness (QED) is 0.727. The Hall–Kier alpha value is -3.21. The van der Waals surface area contributed by atoms with Crippen molar-refractivity contribution in [2.24, 2.45) is 0 Å². The number of carbonyl (C=O) groups excluding carboxylic acids is 1. The highest BCUT2D eigenvalue weighted by molar-refractivity contribution is 6.04. The highest BCUT2D eigenvalue weighted by Crippen LogP contribution is 2.18. The van der Waals surface area contributed by atoms with Crippen molar-refractivity contribution < 1.29 is 9.18 Å². The van der Waals surface area contributed by atoms with Crippen molar-refractivity contribution in [1.29, 1.82) is 0 Å². The Balaban J connectivity index is 1.57. The van der Waals surface area contributed by atoms with Crippen molar-refractivity contribution in [3.63, 3.8) is 0 Å². The lowest BCUT2D eigenvalue weighted by Crippen LogP contribution is -2.20. The van der Waals surface area contributed by atoms with E-state index in [1.807, 2.05) is 43.4 Å². The van der Waals surface area contributed by atoms with Crippen molar-refractivity contribution in [2.45, 2.75) is 6.42 Å². The molecule has 3 aromatic rings. The minimum Gasteiger partial charge on any atom is -0.374 e. The van der Waals surface area contributed by atoms with Gasteiger partial charge in [0.2, 0.25) is 0 Å². The maximum Gasteiger partial charge on any atom is 0.255 e. The van der Waals surface area contributed by atoms with Crippen LogP contribution in [0.2, 0.25) is 0 Å². The van der Waals surface area contributed by atoms with Gasteiger partial charge < -0.3 is 10.2 Å². The zero-order chi connectivity index (χ0) is 18.4. The van der Waals surface area contributed by atoms with Crippen LogP contribution in [0.25, 0.3) is 0 Å². The van der Waals surface area contributed by atoms with Crippen LogP contribution in [0.3, 0.4) is 0 Å². The fourth-order valence-electron chi connectivity index (χ4n) is 2.58. The lowest BCUT2D eigenvalue weighted by Gasteiger charge is -2.19. The summed E-state index contributed by atoms with van der Waals surface area (Å²) in [5.74, 6) is -0.621. The zero-order valence-electron chi connectivity index (χ0n) is 14.5. The van der Waals surface area contributed by atoms with E-state index in [1.54, 1.807) is 12.4 Å². The molecule has 5 heteroatoms. The summed E-state index contributed by atoms with van der Waals surface area (Å²) in [6, 6.07) is 17.2. The van der Waals surface area contributed by atoms with Gasteiger partial charge in [0.05, 0.1) is 0 Å². The molecule has 1 aromatic heterocycles. The Kier molecular flexibility index (Phi) is 5.59. The normalized spacial score (nSPS) is 10.4. The highest BCUT2D eigenvalue weighted by Gasteiger charge is 2.07. The molecule has 1 heterocycles. The van der Waals surface area contributed by atoms with Crippen molar-refractivity contribution in [1.82, 2.24) is 4.98 Å². The van der Waals surface area contributed by atoms with Gasteiger partial charge in [-0.15, -0.1) is 0 Å². The third-order valence-corrected chi connectivity index (χ3v) is 4.16. The summed E-state index contributed by atoms with van der Waals surface area (Å²) in [7, 11) is 2.04. The van der Waals surface area contributed by atoms with Crippen LogP contribution in [-0.2, 0) is 6.42 Å². The van der Waals surface area contributed by atoms with E-state index < -0.39 is 0 Å². The number of halogens is 1. The molecule has 132 valence electrons. The molecule has 0 fully saturated rings. The molecule has 0 aliphatic rings. The molecule has 0 saturated heterocycles. The summed E-state index contributed by atoms with van der Waals surface area (Å²) >= 11 is 0. The topological polar surface area (TPSA) is 45.2 Å². The molecule has 0 radical (unpaired) electrons. The molecule has 0 aliphatic carbocycles. The lowest BCUT2D eigenvalue weighted by atomic mass is 10.2. The predicted octanol–water partition coefficient (Wildman–Crippen LogP) is 4.15. The standard InChI is InChI=1S/C21H20FN3O/c1-25(15-12-16-10-13-23-14-11-16)20-8-6-19(7-9-20)24-21(26)17-2-4-18(22)5-3-17/h2-11,13-14H,12,15H2,1H3,(H,24,26). The predicted molar refractivity (Wildman–Crippen MR) is 102 cm³/mol. The van der Waals surface area contributed by atoms with Gasteiger partial charge in [0, 0.05) is 42.9 Å². The number of nitrogens with one attached hydrogen (secondary N) is 1. The van der Waals surface area contributed by atoms with E-state index in [9.17, 15) is 9.18 Å². The smallest absolute Gasteiger partial charge is 0.255 e. The number of likely N-dealkylation sites (N-methyl/N-ethyl adjacent to an activating group) is 1. The molecule has 26 heavy (non-hydrogen) atoms. The molecule has 1 N–H and O–H groups in total. The van der Waals surface area contributed by atoms with Gasteiger partial charge in [-0.25, -0.2) is 4.39 Å². The van der Waals surface area contributed by atoms with Gasteiger partial charge in [-0.05, 0) is 72.6 Å². The zero-order valence-corrected chi connectivity index (χ0v) is 14.5. The summed E-state index contributed by atoms with van der Waals surface area (Å²) in [6.45, 7) is 0.880. The molecule has 1 amide bonds. The number of pyridine rings is 1. The van der Waals surface area contributed by atoms with Crippen molar-refractivity contribution in [3.05, 3.63) is 90.0 Å².